The Hall–Kier alpha value is -1.30. The van der Waals surface area contributed by atoms with Crippen molar-refractivity contribution in [2.75, 3.05) is 26.4 Å². The summed E-state index contributed by atoms with van der Waals surface area (Å²) in [5.74, 6) is 1.51. The molecule has 5 heteroatoms. The van der Waals surface area contributed by atoms with Crippen LogP contribution in [-0.2, 0) is 20.6 Å². The van der Waals surface area contributed by atoms with E-state index in [1.54, 1.807) is 0 Å². The molecule has 1 heterocycles. The van der Waals surface area contributed by atoms with E-state index in [2.05, 4.69) is 19.9 Å². The lowest BCUT2D eigenvalue weighted by molar-refractivity contribution is -0.226. The topological polar surface area (TPSA) is 46.2 Å². The molecule has 2 rings (SSSR count). The first-order valence-corrected chi connectivity index (χ1v) is 9.05. The summed E-state index contributed by atoms with van der Waals surface area (Å²) in [6.45, 7) is 8.52. The zero-order valence-electron chi connectivity index (χ0n) is 15.1. The van der Waals surface area contributed by atoms with E-state index in [0.717, 1.165) is 43.8 Å². The van der Waals surface area contributed by atoms with Crippen LogP contribution in [0.5, 0.6) is 11.5 Å². The van der Waals surface area contributed by atoms with E-state index in [9.17, 15) is 0 Å². The van der Waals surface area contributed by atoms with Gasteiger partial charge in [0.25, 0.3) is 6.29 Å². The molecule has 2 atom stereocenters. The Bertz CT molecular complexity index is 477. The van der Waals surface area contributed by atoms with E-state index in [-0.39, 0.29) is 0 Å². The summed E-state index contributed by atoms with van der Waals surface area (Å²) in [6.07, 6.45) is 3.19. The van der Waals surface area contributed by atoms with Gasteiger partial charge in [-0.1, -0.05) is 32.8 Å². The average Bonchev–Trinajstić information content (AvgIpc) is 3.00. The molecule has 1 aromatic rings. The van der Waals surface area contributed by atoms with E-state index in [1.807, 2.05) is 19.1 Å². The summed E-state index contributed by atoms with van der Waals surface area (Å²) in [5, 5.41) is 0. The molecule has 24 heavy (non-hydrogen) atoms. The molecule has 0 fully saturated rings. The monoisotopic (exact) mass is 338 g/mol. The molecule has 0 radical (unpaired) electrons. The summed E-state index contributed by atoms with van der Waals surface area (Å²) < 4.78 is 28.6. The predicted molar refractivity (Wildman–Crippen MR) is 92.6 cm³/mol. The summed E-state index contributed by atoms with van der Waals surface area (Å²) in [6, 6.07) is 6.07. The van der Waals surface area contributed by atoms with Crippen LogP contribution in [0.2, 0.25) is 0 Å². The van der Waals surface area contributed by atoms with Crippen LogP contribution in [0, 0.1) is 0 Å². The van der Waals surface area contributed by atoms with Gasteiger partial charge in [0, 0.05) is 13.2 Å². The van der Waals surface area contributed by atoms with Crippen LogP contribution in [-0.4, -0.2) is 39.0 Å². The third-order valence-corrected chi connectivity index (χ3v) is 3.74. The lowest BCUT2D eigenvalue weighted by Gasteiger charge is -2.22. The Morgan fingerprint density at radius 2 is 1.79 bits per heavy atom. The molecule has 0 aromatic heterocycles. The third kappa shape index (κ3) is 5.65. The highest BCUT2D eigenvalue weighted by Gasteiger charge is 2.33. The van der Waals surface area contributed by atoms with E-state index in [0.29, 0.717) is 19.8 Å². The lowest BCUT2D eigenvalue weighted by Crippen LogP contribution is -2.38. The molecule has 0 saturated heterocycles. The maximum Gasteiger partial charge on any atom is 0.292 e. The zero-order valence-corrected chi connectivity index (χ0v) is 15.1. The van der Waals surface area contributed by atoms with Crippen LogP contribution in [0.4, 0.5) is 0 Å². The second-order valence-electron chi connectivity index (χ2n) is 5.80. The number of hydrogen-bond donors (Lipinski definition) is 0. The highest BCUT2D eigenvalue weighted by molar-refractivity contribution is 5.45. The van der Waals surface area contributed by atoms with Crippen molar-refractivity contribution in [3.8, 4) is 11.5 Å². The van der Waals surface area contributed by atoms with E-state index in [1.165, 1.54) is 5.56 Å². The zero-order chi connectivity index (χ0) is 17.2. The molecular weight excluding hydrogens is 308 g/mol. The molecule has 0 spiro atoms. The van der Waals surface area contributed by atoms with Crippen LogP contribution in [0.3, 0.4) is 0 Å². The van der Waals surface area contributed by atoms with Crippen LogP contribution in [0.1, 0.15) is 45.6 Å². The Kier molecular flexibility index (Phi) is 8.36. The third-order valence-electron chi connectivity index (χ3n) is 3.74. The first kappa shape index (κ1) is 19.0. The molecule has 2 unspecified atom stereocenters. The smallest absolute Gasteiger partial charge is 0.292 e. The van der Waals surface area contributed by atoms with Gasteiger partial charge >= 0.3 is 0 Å². The van der Waals surface area contributed by atoms with Gasteiger partial charge in [0.05, 0.1) is 13.2 Å². The number of fused-ring (bicyclic) bond motifs is 1. The Morgan fingerprint density at radius 1 is 0.958 bits per heavy atom. The van der Waals surface area contributed by atoms with E-state index in [4.69, 9.17) is 23.7 Å². The van der Waals surface area contributed by atoms with Gasteiger partial charge in [0.2, 0.25) is 6.29 Å². The van der Waals surface area contributed by atoms with Gasteiger partial charge in [-0.15, -0.1) is 0 Å². The van der Waals surface area contributed by atoms with Crippen molar-refractivity contribution >= 4 is 0 Å². The highest BCUT2D eigenvalue weighted by Crippen LogP contribution is 2.37. The van der Waals surface area contributed by atoms with Crippen molar-refractivity contribution < 1.29 is 23.7 Å². The molecule has 0 N–H and O–H groups in total. The Labute approximate surface area is 145 Å². The fourth-order valence-electron chi connectivity index (χ4n) is 2.51. The fourth-order valence-corrected chi connectivity index (χ4v) is 2.51. The average molecular weight is 338 g/mol. The van der Waals surface area contributed by atoms with Gasteiger partial charge in [-0.2, -0.15) is 0 Å². The number of aryl methyl sites for hydroxylation is 1. The predicted octanol–water partition coefficient (Wildman–Crippen LogP) is 3.93. The van der Waals surface area contributed by atoms with Crippen LogP contribution in [0.15, 0.2) is 18.2 Å². The van der Waals surface area contributed by atoms with Crippen LogP contribution in [0.25, 0.3) is 0 Å². The van der Waals surface area contributed by atoms with Crippen molar-refractivity contribution in [2.45, 2.75) is 59.0 Å². The quantitative estimate of drug-likeness (QED) is 0.427. The van der Waals surface area contributed by atoms with Crippen molar-refractivity contribution in [1.29, 1.82) is 0 Å². The summed E-state index contributed by atoms with van der Waals surface area (Å²) in [4.78, 5) is 0. The van der Waals surface area contributed by atoms with Gasteiger partial charge in [0.1, 0.15) is 0 Å². The molecule has 1 aromatic carbocycles. The Balaban J connectivity index is 1.83. The second-order valence-corrected chi connectivity index (χ2v) is 5.80. The van der Waals surface area contributed by atoms with Crippen LogP contribution < -0.4 is 9.47 Å². The SMILES string of the molecule is CCCCOCCOC(OCC)C1Oc2ccc(CCC)cc2O1. The molecule has 0 aliphatic carbocycles. The molecular formula is C19H30O5. The Morgan fingerprint density at radius 3 is 2.54 bits per heavy atom. The molecule has 0 saturated carbocycles. The highest BCUT2D eigenvalue weighted by atomic mass is 16.8. The van der Waals surface area contributed by atoms with Gasteiger partial charge < -0.3 is 23.7 Å². The normalized spacial score (nSPS) is 17.2. The van der Waals surface area contributed by atoms with Gasteiger partial charge in [-0.3, -0.25) is 0 Å². The lowest BCUT2D eigenvalue weighted by atomic mass is 10.1. The number of hydrogen-bond acceptors (Lipinski definition) is 5. The number of rotatable bonds is 12. The number of benzene rings is 1. The van der Waals surface area contributed by atoms with E-state index >= 15 is 0 Å². The van der Waals surface area contributed by atoms with Gasteiger partial charge in [0.15, 0.2) is 11.5 Å². The summed E-state index contributed by atoms with van der Waals surface area (Å²) >= 11 is 0. The standard InChI is InChI=1S/C19H30O5/c1-4-7-11-20-12-13-22-18(21-6-3)19-23-16-10-9-15(8-5-2)14-17(16)24-19/h9-10,14,18-19H,4-8,11-13H2,1-3H3. The molecule has 1 aliphatic rings. The molecule has 5 nitrogen and oxygen atoms in total. The van der Waals surface area contributed by atoms with Gasteiger partial charge in [-0.05, 0) is 37.5 Å². The van der Waals surface area contributed by atoms with Crippen LogP contribution >= 0.6 is 0 Å². The second kappa shape index (κ2) is 10.5. The first-order valence-electron chi connectivity index (χ1n) is 9.05. The van der Waals surface area contributed by atoms with Crippen molar-refractivity contribution in [3.05, 3.63) is 23.8 Å². The molecule has 136 valence electrons. The first-order chi connectivity index (χ1) is 11.8. The minimum atomic E-state index is -0.576. The van der Waals surface area contributed by atoms with Crippen molar-refractivity contribution in [2.24, 2.45) is 0 Å². The maximum absolute atomic E-state index is 5.89. The minimum Gasteiger partial charge on any atom is -0.446 e. The van der Waals surface area contributed by atoms with Crippen molar-refractivity contribution in [3.63, 3.8) is 0 Å². The molecule has 0 bridgehead atoms. The van der Waals surface area contributed by atoms with Gasteiger partial charge in [-0.25, -0.2) is 0 Å². The van der Waals surface area contributed by atoms with E-state index < -0.39 is 12.6 Å². The number of unbranched alkanes of at least 4 members (excludes halogenated alkanes) is 1. The summed E-state index contributed by atoms with van der Waals surface area (Å²) in [7, 11) is 0. The maximum atomic E-state index is 5.89. The fraction of sp³-hybridized carbons (Fsp3) is 0.684. The minimum absolute atomic E-state index is 0.453. The van der Waals surface area contributed by atoms with Crippen molar-refractivity contribution in [1.82, 2.24) is 0 Å². The number of ether oxygens (including phenoxy) is 5. The molecule has 1 aliphatic heterocycles. The molecule has 0 amide bonds. The summed E-state index contributed by atoms with van der Waals surface area (Å²) in [5.41, 5.74) is 1.25. The largest absolute Gasteiger partial charge is 0.446 e.